The lowest BCUT2D eigenvalue weighted by atomic mass is 10.1. The Morgan fingerprint density at radius 2 is 1.94 bits per heavy atom. The van der Waals surface area contributed by atoms with Crippen LogP contribution in [0.15, 0.2) is 59.0 Å². The van der Waals surface area contributed by atoms with Crippen LogP contribution in [0.4, 0.5) is 5.69 Å². The second-order valence-corrected chi connectivity index (χ2v) is 7.67. The van der Waals surface area contributed by atoms with Crippen molar-refractivity contribution >= 4 is 34.4 Å². The first-order valence-electron chi connectivity index (χ1n) is 9.78. The summed E-state index contributed by atoms with van der Waals surface area (Å²) in [4.78, 5) is 37.5. The molecule has 0 spiro atoms. The van der Waals surface area contributed by atoms with E-state index in [-0.39, 0.29) is 12.1 Å². The molecule has 9 nitrogen and oxygen atoms in total. The van der Waals surface area contributed by atoms with E-state index in [1.54, 1.807) is 23.7 Å². The summed E-state index contributed by atoms with van der Waals surface area (Å²) in [7, 11) is 1.27. The van der Waals surface area contributed by atoms with Crippen LogP contribution in [0, 0.1) is 0 Å². The predicted octanol–water partition coefficient (Wildman–Crippen LogP) is 3.05. The number of rotatable bonds is 7. The number of methoxy groups -OCH3 is 1. The van der Waals surface area contributed by atoms with E-state index < -0.39 is 11.9 Å². The quantitative estimate of drug-likeness (QED) is 0.432. The Kier molecular flexibility index (Phi) is 6.04. The molecule has 4 aromatic rings. The van der Waals surface area contributed by atoms with Gasteiger partial charge in [-0.25, -0.2) is 9.31 Å². The van der Waals surface area contributed by atoms with Gasteiger partial charge in [0, 0.05) is 18.0 Å². The molecule has 0 fully saturated rings. The first kappa shape index (κ1) is 21.3. The zero-order chi connectivity index (χ0) is 22.7. The highest BCUT2D eigenvalue weighted by molar-refractivity contribution is 7.12. The van der Waals surface area contributed by atoms with Gasteiger partial charge >= 0.3 is 5.97 Å². The number of carbonyl (C=O) groups excluding carboxylic acids is 2. The molecule has 0 aliphatic heterocycles. The van der Waals surface area contributed by atoms with E-state index >= 15 is 0 Å². The Morgan fingerprint density at radius 3 is 2.66 bits per heavy atom. The summed E-state index contributed by atoms with van der Waals surface area (Å²) in [5.74, 6) is -0.212. The van der Waals surface area contributed by atoms with Gasteiger partial charge in [-0.1, -0.05) is 0 Å². The standard InChI is InChI=1S/C22H20N4O5S/c1-3-31-15-6-4-14(5-7-15)17-12-18-21(28)25(9-10-26(18)24-17)13-19(27)23-16-8-11-32-20(16)22(29)30-2/h4-12H,3,13H2,1-2H3,(H,23,27). The van der Waals surface area contributed by atoms with Crippen molar-refractivity contribution in [3.8, 4) is 17.0 Å². The van der Waals surface area contributed by atoms with E-state index in [9.17, 15) is 14.4 Å². The number of fused-ring (bicyclic) bond motifs is 1. The first-order chi connectivity index (χ1) is 15.5. The maximum absolute atomic E-state index is 12.9. The molecule has 0 saturated carbocycles. The number of nitrogens with zero attached hydrogens (tertiary/aromatic N) is 3. The van der Waals surface area contributed by atoms with Gasteiger partial charge in [-0.2, -0.15) is 5.10 Å². The van der Waals surface area contributed by atoms with Crippen molar-refractivity contribution in [2.75, 3.05) is 19.0 Å². The van der Waals surface area contributed by atoms with Crippen molar-refractivity contribution in [3.63, 3.8) is 0 Å². The summed E-state index contributed by atoms with van der Waals surface area (Å²) in [6, 6.07) is 10.7. The van der Waals surface area contributed by atoms with Gasteiger partial charge < -0.3 is 19.4 Å². The van der Waals surface area contributed by atoms with E-state index in [4.69, 9.17) is 9.47 Å². The molecular weight excluding hydrogens is 432 g/mol. The number of amides is 1. The maximum Gasteiger partial charge on any atom is 0.350 e. The van der Waals surface area contributed by atoms with Crippen LogP contribution in [-0.2, 0) is 16.1 Å². The number of carbonyl (C=O) groups is 2. The number of esters is 1. The average Bonchev–Trinajstić information content (AvgIpc) is 3.43. The molecule has 3 aromatic heterocycles. The van der Waals surface area contributed by atoms with Gasteiger partial charge in [-0.15, -0.1) is 11.3 Å². The average molecular weight is 452 g/mol. The zero-order valence-corrected chi connectivity index (χ0v) is 18.2. The molecule has 10 heteroatoms. The lowest BCUT2D eigenvalue weighted by Gasteiger charge is -2.08. The molecule has 0 radical (unpaired) electrons. The second kappa shape index (κ2) is 9.06. The van der Waals surface area contributed by atoms with E-state index in [0.717, 1.165) is 22.6 Å². The minimum atomic E-state index is -0.532. The maximum atomic E-state index is 12.9. The fourth-order valence-electron chi connectivity index (χ4n) is 3.18. The summed E-state index contributed by atoms with van der Waals surface area (Å²) >= 11 is 1.16. The normalized spacial score (nSPS) is 10.8. The highest BCUT2D eigenvalue weighted by Crippen LogP contribution is 2.23. The molecule has 0 saturated heterocycles. The summed E-state index contributed by atoms with van der Waals surface area (Å²) < 4.78 is 12.9. The monoisotopic (exact) mass is 452 g/mol. The van der Waals surface area contributed by atoms with Gasteiger partial charge in [0.1, 0.15) is 22.7 Å². The minimum Gasteiger partial charge on any atom is -0.494 e. The van der Waals surface area contributed by atoms with Crippen LogP contribution >= 0.6 is 11.3 Å². The number of anilines is 1. The van der Waals surface area contributed by atoms with Crippen LogP contribution in [0.1, 0.15) is 16.6 Å². The highest BCUT2D eigenvalue weighted by atomic mass is 32.1. The van der Waals surface area contributed by atoms with Crippen molar-refractivity contribution in [2.24, 2.45) is 0 Å². The molecule has 0 bridgehead atoms. The van der Waals surface area contributed by atoms with Crippen LogP contribution in [0.3, 0.4) is 0 Å². The number of nitrogens with one attached hydrogen (secondary N) is 1. The van der Waals surface area contributed by atoms with Crippen molar-refractivity contribution in [1.29, 1.82) is 0 Å². The van der Waals surface area contributed by atoms with Gasteiger partial charge in [0.15, 0.2) is 0 Å². The molecule has 0 aliphatic rings. The van der Waals surface area contributed by atoms with E-state index in [1.807, 2.05) is 31.2 Å². The minimum absolute atomic E-state index is 0.213. The molecule has 1 aromatic carbocycles. The Morgan fingerprint density at radius 1 is 1.16 bits per heavy atom. The van der Waals surface area contributed by atoms with Gasteiger partial charge in [-0.3, -0.25) is 9.59 Å². The van der Waals surface area contributed by atoms with Crippen LogP contribution in [-0.4, -0.2) is 39.8 Å². The topological polar surface area (TPSA) is 104 Å². The third kappa shape index (κ3) is 4.26. The molecule has 32 heavy (non-hydrogen) atoms. The number of thiophene rings is 1. The third-order valence-corrected chi connectivity index (χ3v) is 5.58. The van der Waals surface area contributed by atoms with E-state index in [0.29, 0.717) is 28.4 Å². The van der Waals surface area contributed by atoms with Crippen molar-refractivity contribution in [1.82, 2.24) is 14.2 Å². The fourth-order valence-corrected chi connectivity index (χ4v) is 3.95. The summed E-state index contributed by atoms with van der Waals surface area (Å²) in [6.45, 7) is 2.28. The number of aromatic nitrogens is 3. The molecule has 0 unspecified atom stereocenters. The SMILES string of the molecule is CCOc1ccc(-c2cc3c(=O)n(CC(=O)Nc4ccsc4C(=O)OC)ccn3n2)cc1. The van der Waals surface area contributed by atoms with Gasteiger partial charge in [0.25, 0.3) is 5.56 Å². The van der Waals surface area contributed by atoms with E-state index in [2.05, 4.69) is 10.4 Å². The van der Waals surface area contributed by atoms with E-state index in [1.165, 1.54) is 22.4 Å². The molecule has 1 N–H and O–H groups in total. The lowest BCUT2D eigenvalue weighted by molar-refractivity contribution is -0.116. The summed E-state index contributed by atoms with van der Waals surface area (Å²) in [5, 5.41) is 8.78. The molecular formula is C22H20N4O5S. The highest BCUT2D eigenvalue weighted by Gasteiger charge is 2.17. The van der Waals surface area contributed by atoms with Gasteiger partial charge in [0.05, 0.1) is 25.1 Å². The lowest BCUT2D eigenvalue weighted by Crippen LogP contribution is -2.28. The first-order valence-corrected chi connectivity index (χ1v) is 10.7. The number of benzene rings is 1. The largest absolute Gasteiger partial charge is 0.494 e. The fraction of sp³-hybridized carbons (Fsp3) is 0.182. The van der Waals surface area contributed by atoms with Crippen LogP contribution < -0.4 is 15.6 Å². The molecule has 1 amide bonds. The Balaban J connectivity index is 1.55. The third-order valence-electron chi connectivity index (χ3n) is 4.69. The molecule has 0 atom stereocenters. The van der Waals surface area contributed by atoms with Crippen molar-refractivity contribution < 1.29 is 19.1 Å². The van der Waals surface area contributed by atoms with Crippen LogP contribution in [0.5, 0.6) is 5.75 Å². The Labute approximate surface area is 186 Å². The Bertz CT molecular complexity index is 1340. The predicted molar refractivity (Wildman–Crippen MR) is 120 cm³/mol. The summed E-state index contributed by atoms with van der Waals surface area (Å²) in [5.41, 5.74) is 1.81. The summed E-state index contributed by atoms with van der Waals surface area (Å²) in [6.07, 6.45) is 3.12. The van der Waals surface area contributed by atoms with Gasteiger partial charge in [-0.05, 0) is 48.7 Å². The van der Waals surface area contributed by atoms with Crippen molar-refractivity contribution in [2.45, 2.75) is 13.5 Å². The smallest absolute Gasteiger partial charge is 0.350 e. The molecule has 164 valence electrons. The van der Waals surface area contributed by atoms with Crippen LogP contribution in [0.25, 0.3) is 16.8 Å². The number of ether oxygens (including phenoxy) is 2. The number of hydrogen-bond acceptors (Lipinski definition) is 7. The van der Waals surface area contributed by atoms with Gasteiger partial charge in [0.2, 0.25) is 5.91 Å². The molecule has 3 heterocycles. The van der Waals surface area contributed by atoms with Crippen molar-refractivity contribution in [3.05, 3.63) is 69.4 Å². The zero-order valence-electron chi connectivity index (χ0n) is 17.4. The Hall–Kier alpha value is -3.92. The molecule has 0 aliphatic carbocycles. The van der Waals surface area contributed by atoms with Crippen LogP contribution in [0.2, 0.25) is 0 Å². The molecule has 4 rings (SSSR count). The number of hydrogen-bond donors (Lipinski definition) is 1. The second-order valence-electron chi connectivity index (χ2n) is 6.75.